The van der Waals surface area contributed by atoms with E-state index >= 15 is 0 Å². The second-order valence-electron chi connectivity index (χ2n) is 19.2. The summed E-state index contributed by atoms with van der Waals surface area (Å²) < 4.78 is 0. The number of nitrogens with two attached hydrogens (primary N) is 2. The first-order chi connectivity index (χ1) is 20.3. The molecule has 0 bridgehead atoms. The molecule has 8 aliphatic rings. The third-order valence-corrected chi connectivity index (χ3v) is 18.4. The van der Waals surface area contributed by atoms with Crippen LogP contribution in [0.15, 0.2) is 0 Å². The van der Waals surface area contributed by atoms with Crippen LogP contribution in [-0.2, 0) is 0 Å². The van der Waals surface area contributed by atoms with Crippen LogP contribution in [0.2, 0.25) is 0 Å². The molecule has 0 aromatic carbocycles. The maximum Gasteiger partial charge on any atom is 0.0596 e. The molecule has 8 rings (SSSR count). The number of hydrogen-bond acceptors (Lipinski definition) is 5. The molecule has 18 atom stereocenters. The molecule has 0 radical (unpaired) electrons. The van der Waals surface area contributed by atoms with Crippen LogP contribution in [0.1, 0.15) is 130 Å². The van der Waals surface area contributed by atoms with Crippen LogP contribution in [0.5, 0.6) is 0 Å². The van der Waals surface area contributed by atoms with E-state index in [0.717, 1.165) is 64.2 Å². The Morgan fingerprint density at radius 1 is 0.581 bits per heavy atom. The normalized spacial score (nSPS) is 64.5. The van der Waals surface area contributed by atoms with Gasteiger partial charge in [-0.1, -0.05) is 27.7 Å². The molecule has 244 valence electrons. The number of fused-ring (bicyclic) bond motifs is 10. The van der Waals surface area contributed by atoms with Gasteiger partial charge in [-0.2, -0.15) is 0 Å². The molecule has 8 aliphatic carbocycles. The number of rotatable bonds is 1. The van der Waals surface area contributed by atoms with E-state index in [9.17, 15) is 15.3 Å². The smallest absolute Gasteiger partial charge is 0.0596 e. The van der Waals surface area contributed by atoms with E-state index in [1.165, 1.54) is 38.5 Å². The topological polar surface area (TPSA) is 113 Å². The van der Waals surface area contributed by atoms with Crippen molar-refractivity contribution in [1.82, 2.24) is 0 Å². The van der Waals surface area contributed by atoms with Crippen molar-refractivity contribution >= 4 is 0 Å². The summed E-state index contributed by atoms with van der Waals surface area (Å²) in [6.45, 7) is 10.1. The van der Waals surface area contributed by atoms with Gasteiger partial charge in [0.1, 0.15) is 0 Å². The Morgan fingerprint density at radius 3 is 1.95 bits per heavy atom. The summed E-state index contributed by atoms with van der Waals surface area (Å²) in [5, 5.41) is 34.7. The summed E-state index contributed by atoms with van der Waals surface area (Å²) in [6, 6.07) is 0.450. The lowest BCUT2D eigenvalue weighted by atomic mass is 9.31. The molecule has 43 heavy (non-hydrogen) atoms. The van der Waals surface area contributed by atoms with E-state index in [1.54, 1.807) is 0 Å². The molecule has 0 saturated heterocycles. The third-order valence-electron chi connectivity index (χ3n) is 18.4. The number of hydrogen-bond donors (Lipinski definition) is 5. The van der Waals surface area contributed by atoms with Crippen LogP contribution in [0.3, 0.4) is 0 Å². The maximum atomic E-state index is 12.5. The lowest BCUT2D eigenvalue weighted by Crippen LogP contribution is -2.70. The summed E-state index contributed by atoms with van der Waals surface area (Å²) in [4.78, 5) is 0. The Labute approximate surface area is 261 Å². The average Bonchev–Trinajstić information content (AvgIpc) is 3.44. The Kier molecular flexibility index (Phi) is 6.79. The van der Waals surface area contributed by atoms with Crippen LogP contribution in [0.4, 0.5) is 0 Å². The standard InChI is InChI=1S/C38H64N2O3/c1-34-14-12-26-24(25(34)7-9-31(34)42)6-5-21-17-23(40)18-30(37(21,26)4)38-19-22(39)11-16-36(38,3)28-13-15-35(2)27(8-10-32(35)43)33(28)29(41)20-38/h21-33,41-43H,5-20,39-40H2,1-4H3/t21?,22?,23?,24-,25-,26+,27-,28+,29?,30?,31?,32?,33-,34-,35-,36+,37-,38?/m0/s1. The van der Waals surface area contributed by atoms with Crippen molar-refractivity contribution in [1.29, 1.82) is 0 Å². The summed E-state index contributed by atoms with van der Waals surface area (Å²) in [7, 11) is 0. The van der Waals surface area contributed by atoms with Crippen molar-refractivity contribution in [3.8, 4) is 0 Å². The van der Waals surface area contributed by atoms with Crippen molar-refractivity contribution in [3.63, 3.8) is 0 Å². The lowest BCUT2D eigenvalue weighted by Gasteiger charge is -2.74. The molecule has 0 spiro atoms. The third kappa shape index (κ3) is 3.70. The fraction of sp³-hybridized carbons (Fsp3) is 1.00. The quantitative estimate of drug-likeness (QED) is 0.254. The van der Waals surface area contributed by atoms with Gasteiger partial charge in [-0.3, -0.25) is 0 Å². The van der Waals surface area contributed by atoms with E-state index < -0.39 is 0 Å². The van der Waals surface area contributed by atoms with Crippen LogP contribution >= 0.6 is 0 Å². The second-order valence-corrected chi connectivity index (χ2v) is 19.2. The van der Waals surface area contributed by atoms with Crippen molar-refractivity contribution in [2.24, 2.45) is 85.9 Å². The molecule has 0 amide bonds. The molecule has 8 unspecified atom stereocenters. The van der Waals surface area contributed by atoms with Gasteiger partial charge in [-0.15, -0.1) is 0 Å². The maximum absolute atomic E-state index is 12.5. The van der Waals surface area contributed by atoms with Gasteiger partial charge in [0.2, 0.25) is 0 Å². The Morgan fingerprint density at radius 2 is 1.23 bits per heavy atom. The van der Waals surface area contributed by atoms with E-state index in [4.69, 9.17) is 11.5 Å². The van der Waals surface area contributed by atoms with Gasteiger partial charge in [-0.25, -0.2) is 0 Å². The molecule has 0 aliphatic heterocycles. The van der Waals surface area contributed by atoms with Crippen LogP contribution in [0, 0.1) is 74.4 Å². The lowest BCUT2D eigenvalue weighted by molar-refractivity contribution is -0.266. The van der Waals surface area contributed by atoms with Crippen molar-refractivity contribution in [2.75, 3.05) is 0 Å². The zero-order chi connectivity index (χ0) is 30.3. The summed E-state index contributed by atoms with van der Waals surface area (Å²) >= 11 is 0. The SMILES string of the molecule is C[C@]12C(CC[C@@H]3[C@H]1CC[C@]1(C)C(O)CC[C@@H]31)CC(N)CC2C12CC(N)CC[C@]1(C)[C@@H]1CC[C@]3(C)C(O)CC[C@H]3[C@@H]1C(O)C2. The van der Waals surface area contributed by atoms with Gasteiger partial charge in [0.05, 0.1) is 18.3 Å². The van der Waals surface area contributed by atoms with Crippen LogP contribution < -0.4 is 11.5 Å². The molecular weight excluding hydrogens is 532 g/mol. The predicted molar refractivity (Wildman–Crippen MR) is 171 cm³/mol. The zero-order valence-corrected chi connectivity index (χ0v) is 27.8. The average molecular weight is 597 g/mol. The fourth-order valence-electron chi connectivity index (χ4n) is 16.2. The second kappa shape index (κ2) is 9.68. The predicted octanol–water partition coefficient (Wildman–Crippen LogP) is 6.02. The molecule has 5 heteroatoms. The van der Waals surface area contributed by atoms with Gasteiger partial charge >= 0.3 is 0 Å². The van der Waals surface area contributed by atoms with Crippen molar-refractivity contribution < 1.29 is 15.3 Å². The Bertz CT molecular complexity index is 1120. The van der Waals surface area contributed by atoms with Gasteiger partial charge in [0.25, 0.3) is 0 Å². The highest BCUT2D eigenvalue weighted by Gasteiger charge is 2.73. The highest BCUT2D eigenvalue weighted by molar-refractivity contribution is 5.22. The van der Waals surface area contributed by atoms with E-state index in [0.29, 0.717) is 47.3 Å². The first-order valence-electron chi connectivity index (χ1n) is 18.8. The molecule has 7 N–H and O–H groups in total. The number of aliphatic hydroxyl groups is 3. The van der Waals surface area contributed by atoms with Gasteiger partial charge < -0.3 is 26.8 Å². The highest BCUT2D eigenvalue weighted by Crippen LogP contribution is 2.77. The molecular formula is C38H64N2O3. The molecule has 0 aromatic heterocycles. The highest BCUT2D eigenvalue weighted by atomic mass is 16.3. The van der Waals surface area contributed by atoms with E-state index in [-0.39, 0.29) is 57.5 Å². The molecule has 5 nitrogen and oxygen atoms in total. The summed E-state index contributed by atoms with van der Waals surface area (Å²) in [5.74, 6) is 4.45. The Hall–Kier alpha value is -0.200. The van der Waals surface area contributed by atoms with Gasteiger partial charge in [0, 0.05) is 12.1 Å². The number of aliphatic hydroxyl groups excluding tert-OH is 3. The summed E-state index contributed by atoms with van der Waals surface area (Å²) in [5.41, 5.74) is 14.6. The zero-order valence-electron chi connectivity index (χ0n) is 27.8. The molecule has 8 fully saturated rings. The monoisotopic (exact) mass is 596 g/mol. The first kappa shape index (κ1) is 30.2. The minimum atomic E-state index is -0.308. The fourth-order valence-corrected chi connectivity index (χ4v) is 16.2. The molecule has 0 aromatic rings. The molecule has 0 heterocycles. The van der Waals surface area contributed by atoms with Gasteiger partial charge in [-0.05, 0) is 177 Å². The van der Waals surface area contributed by atoms with Crippen LogP contribution in [-0.4, -0.2) is 45.7 Å². The first-order valence-corrected chi connectivity index (χ1v) is 18.8. The molecule has 8 saturated carbocycles. The minimum Gasteiger partial charge on any atom is -0.393 e. The summed E-state index contributed by atoms with van der Waals surface area (Å²) in [6.07, 6.45) is 17.2. The van der Waals surface area contributed by atoms with Gasteiger partial charge in [0.15, 0.2) is 0 Å². The van der Waals surface area contributed by atoms with Crippen molar-refractivity contribution in [3.05, 3.63) is 0 Å². The largest absolute Gasteiger partial charge is 0.393 e. The van der Waals surface area contributed by atoms with Crippen molar-refractivity contribution in [2.45, 2.75) is 161 Å². The van der Waals surface area contributed by atoms with E-state index in [1.807, 2.05) is 0 Å². The van der Waals surface area contributed by atoms with Crippen LogP contribution in [0.25, 0.3) is 0 Å². The Balaban J connectivity index is 1.23. The van der Waals surface area contributed by atoms with E-state index in [2.05, 4.69) is 27.7 Å². The minimum absolute atomic E-state index is 0.0130.